The SMILES string of the molecule is COc1ccc(N)c(NC2(C)CCOCC2)c1. The van der Waals surface area contributed by atoms with Gasteiger partial charge >= 0.3 is 0 Å². The van der Waals surface area contributed by atoms with Crippen LogP contribution in [0.5, 0.6) is 5.75 Å². The first-order chi connectivity index (χ1) is 8.13. The minimum absolute atomic E-state index is 0.0543. The Labute approximate surface area is 102 Å². The lowest BCUT2D eigenvalue weighted by molar-refractivity contribution is 0.0658. The van der Waals surface area contributed by atoms with Crippen LogP contribution in [0.25, 0.3) is 0 Å². The fourth-order valence-corrected chi connectivity index (χ4v) is 2.04. The molecule has 1 heterocycles. The second-order valence-electron chi connectivity index (χ2n) is 4.75. The Morgan fingerprint density at radius 1 is 1.35 bits per heavy atom. The highest BCUT2D eigenvalue weighted by atomic mass is 16.5. The molecular weight excluding hydrogens is 216 g/mol. The lowest BCUT2D eigenvalue weighted by Gasteiger charge is -2.35. The van der Waals surface area contributed by atoms with Crippen molar-refractivity contribution in [3.8, 4) is 5.75 Å². The van der Waals surface area contributed by atoms with Crippen molar-refractivity contribution in [3.63, 3.8) is 0 Å². The summed E-state index contributed by atoms with van der Waals surface area (Å²) in [6.45, 7) is 3.80. The number of nitrogens with two attached hydrogens (primary N) is 1. The highest BCUT2D eigenvalue weighted by Gasteiger charge is 2.27. The monoisotopic (exact) mass is 236 g/mol. The zero-order chi connectivity index (χ0) is 12.3. The van der Waals surface area contributed by atoms with E-state index in [2.05, 4.69) is 12.2 Å². The van der Waals surface area contributed by atoms with E-state index in [0.29, 0.717) is 0 Å². The van der Waals surface area contributed by atoms with Crippen molar-refractivity contribution in [1.82, 2.24) is 0 Å². The maximum Gasteiger partial charge on any atom is 0.121 e. The van der Waals surface area contributed by atoms with Crippen LogP contribution in [-0.4, -0.2) is 25.9 Å². The number of benzene rings is 1. The number of anilines is 2. The van der Waals surface area contributed by atoms with Gasteiger partial charge in [-0.25, -0.2) is 0 Å². The minimum atomic E-state index is 0.0543. The van der Waals surface area contributed by atoms with E-state index in [1.165, 1.54) is 0 Å². The summed E-state index contributed by atoms with van der Waals surface area (Å²) in [5.74, 6) is 0.817. The molecule has 1 fully saturated rings. The number of ether oxygens (including phenoxy) is 2. The van der Waals surface area contributed by atoms with Gasteiger partial charge in [-0.3, -0.25) is 0 Å². The van der Waals surface area contributed by atoms with Crippen LogP contribution in [-0.2, 0) is 4.74 Å². The van der Waals surface area contributed by atoms with Gasteiger partial charge in [-0.1, -0.05) is 0 Å². The third-order valence-corrected chi connectivity index (χ3v) is 3.29. The van der Waals surface area contributed by atoms with Crippen LogP contribution >= 0.6 is 0 Å². The Morgan fingerprint density at radius 2 is 2.06 bits per heavy atom. The second kappa shape index (κ2) is 4.84. The molecule has 0 bridgehead atoms. The van der Waals surface area contributed by atoms with Crippen molar-refractivity contribution in [2.75, 3.05) is 31.4 Å². The van der Waals surface area contributed by atoms with E-state index in [1.807, 2.05) is 18.2 Å². The standard InChI is InChI=1S/C13H20N2O2/c1-13(5-7-17-8-6-13)15-12-9-10(16-2)3-4-11(12)14/h3-4,9,15H,5-8,14H2,1-2H3. The number of nitrogen functional groups attached to an aromatic ring is 1. The smallest absolute Gasteiger partial charge is 0.121 e. The van der Waals surface area contributed by atoms with Gasteiger partial charge in [0, 0.05) is 24.8 Å². The number of hydrogen-bond acceptors (Lipinski definition) is 4. The molecule has 0 amide bonds. The Morgan fingerprint density at radius 3 is 2.71 bits per heavy atom. The molecule has 94 valence electrons. The molecule has 0 atom stereocenters. The fourth-order valence-electron chi connectivity index (χ4n) is 2.04. The third kappa shape index (κ3) is 2.82. The van der Waals surface area contributed by atoms with Crippen molar-refractivity contribution in [2.24, 2.45) is 0 Å². The average molecular weight is 236 g/mol. The van der Waals surface area contributed by atoms with Gasteiger partial charge in [0.25, 0.3) is 0 Å². The second-order valence-corrected chi connectivity index (χ2v) is 4.75. The van der Waals surface area contributed by atoms with Crippen LogP contribution in [0.3, 0.4) is 0 Å². The summed E-state index contributed by atoms with van der Waals surface area (Å²) >= 11 is 0. The van der Waals surface area contributed by atoms with Crippen molar-refractivity contribution in [3.05, 3.63) is 18.2 Å². The highest BCUT2D eigenvalue weighted by molar-refractivity contribution is 5.69. The first-order valence-corrected chi connectivity index (χ1v) is 5.92. The normalized spacial score (nSPS) is 18.7. The van der Waals surface area contributed by atoms with Crippen LogP contribution in [0.15, 0.2) is 18.2 Å². The Hall–Kier alpha value is -1.42. The van der Waals surface area contributed by atoms with Crippen molar-refractivity contribution in [1.29, 1.82) is 0 Å². The third-order valence-electron chi connectivity index (χ3n) is 3.29. The molecule has 3 N–H and O–H groups in total. The van der Waals surface area contributed by atoms with E-state index in [9.17, 15) is 0 Å². The molecule has 0 aliphatic carbocycles. The molecule has 2 rings (SSSR count). The van der Waals surface area contributed by atoms with Gasteiger partial charge < -0.3 is 20.5 Å². The summed E-state index contributed by atoms with van der Waals surface area (Å²) in [7, 11) is 1.66. The maximum atomic E-state index is 5.97. The van der Waals surface area contributed by atoms with Crippen molar-refractivity contribution in [2.45, 2.75) is 25.3 Å². The van der Waals surface area contributed by atoms with E-state index >= 15 is 0 Å². The van der Waals surface area contributed by atoms with Gasteiger partial charge in [-0.05, 0) is 31.9 Å². The average Bonchev–Trinajstić information content (AvgIpc) is 2.33. The van der Waals surface area contributed by atoms with Gasteiger partial charge in [0.2, 0.25) is 0 Å². The molecule has 1 aliphatic rings. The molecule has 0 aromatic heterocycles. The van der Waals surface area contributed by atoms with Crippen LogP contribution in [0, 0.1) is 0 Å². The summed E-state index contributed by atoms with van der Waals surface area (Å²) in [5.41, 5.74) is 7.71. The predicted molar refractivity (Wildman–Crippen MR) is 69.5 cm³/mol. The van der Waals surface area contributed by atoms with Crippen LogP contribution in [0.4, 0.5) is 11.4 Å². The molecule has 1 aliphatic heterocycles. The van der Waals surface area contributed by atoms with E-state index in [4.69, 9.17) is 15.2 Å². The van der Waals surface area contributed by atoms with Crippen LogP contribution in [0.1, 0.15) is 19.8 Å². The summed E-state index contributed by atoms with van der Waals surface area (Å²) in [5, 5.41) is 3.52. The summed E-state index contributed by atoms with van der Waals surface area (Å²) in [4.78, 5) is 0. The summed E-state index contributed by atoms with van der Waals surface area (Å²) < 4.78 is 10.6. The number of methoxy groups -OCH3 is 1. The van der Waals surface area contributed by atoms with Crippen LogP contribution < -0.4 is 15.8 Å². The number of nitrogens with one attached hydrogen (secondary N) is 1. The highest BCUT2D eigenvalue weighted by Crippen LogP contribution is 2.31. The van der Waals surface area contributed by atoms with Crippen molar-refractivity contribution < 1.29 is 9.47 Å². The van der Waals surface area contributed by atoms with Gasteiger partial charge in [-0.2, -0.15) is 0 Å². The zero-order valence-electron chi connectivity index (χ0n) is 10.5. The van der Waals surface area contributed by atoms with Gasteiger partial charge in [0.05, 0.1) is 18.5 Å². The van der Waals surface area contributed by atoms with Gasteiger partial charge in [0.15, 0.2) is 0 Å². The maximum absolute atomic E-state index is 5.97. The molecule has 0 radical (unpaired) electrons. The molecule has 1 aromatic rings. The van der Waals surface area contributed by atoms with Gasteiger partial charge in [-0.15, -0.1) is 0 Å². The number of rotatable bonds is 3. The Balaban J connectivity index is 2.16. The molecular formula is C13H20N2O2. The largest absolute Gasteiger partial charge is 0.497 e. The molecule has 17 heavy (non-hydrogen) atoms. The van der Waals surface area contributed by atoms with Gasteiger partial charge in [0.1, 0.15) is 5.75 Å². The van der Waals surface area contributed by atoms with Crippen LogP contribution in [0.2, 0.25) is 0 Å². The lowest BCUT2D eigenvalue weighted by atomic mass is 9.92. The molecule has 1 saturated heterocycles. The van der Waals surface area contributed by atoms with E-state index < -0.39 is 0 Å². The lowest BCUT2D eigenvalue weighted by Crippen LogP contribution is -2.40. The Kier molecular flexibility index (Phi) is 3.43. The summed E-state index contributed by atoms with van der Waals surface area (Å²) in [6.07, 6.45) is 1.98. The minimum Gasteiger partial charge on any atom is -0.497 e. The molecule has 0 saturated carbocycles. The molecule has 1 aromatic carbocycles. The Bertz CT molecular complexity index is 387. The van der Waals surface area contributed by atoms with E-state index in [-0.39, 0.29) is 5.54 Å². The summed E-state index contributed by atoms with van der Waals surface area (Å²) in [6, 6.07) is 5.67. The number of hydrogen-bond donors (Lipinski definition) is 2. The van der Waals surface area contributed by atoms with Crippen molar-refractivity contribution >= 4 is 11.4 Å². The first-order valence-electron chi connectivity index (χ1n) is 5.92. The topological polar surface area (TPSA) is 56.5 Å². The predicted octanol–water partition coefficient (Wildman–Crippen LogP) is 2.26. The zero-order valence-corrected chi connectivity index (χ0v) is 10.5. The molecule has 4 heteroatoms. The molecule has 4 nitrogen and oxygen atoms in total. The van der Waals surface area contributed by atoms with E-state index in [1.54, 1.807) is 7.11 Å². The fraction of sp³-hybridized carbons (Fsp3) is 0.538. The first kappa shape index (κ1) is 12.0. The quantitative estimate of drug-likeness (QED) is 0.790. The molecule has 0 spiro atoms. The van der Waals surface area contributed by atoms with E-state index in [0.717, 1.165) is 43.2 Å². The molecule has 0 unspecified atom stereocenters.